The zero-order valence-corrected chi connectivity index (χ0v) is 13.4. The third-order valence-electron chi connectivity index (χ3n) is 3.57. The lowest BCUT2D eigenvalue weighted by molar-refractivity contribution is 0.0243. The number of rotatable bonds is 10. The number of carbonyl (C=O) groups excluding carboxylic acids is 2. The summed E-state index contributed by atoms with van der Waals surface area (Å²) in [5.41, 5.74) is 1.56. The van der Waals surface area contributed by atoms with E-state index < -0.39 is 0 Å². The van der Waals surface area contributed by atoms with Crippen molar-refractivity contribution in [3.63, 3.8) is 0 Å². The summed E-state index contributed by atoms with van der Waals surface area (Å²) in [6.07, 6.45) is 2.70. The number of fused-ring (bicyclic) bond motifs is 1. The van der Waals surface area contributed by atoms with E-state index in [-0.39, 0.29) is 11.6 Å². The molecule has 5 heteroatoms. The van der Waals surface area contributed by atoms with Crippen molar-refractivity contribution < 1.29 is 23.8 Å². The van der Waals surface area contributed by atoms with Crippen LogP contribution in [0.4, 0.5) is 0 Å². The van der Waals surface area contributed by atoms with E-state index in [1.165, 1.54) is 6.08 Å². The van der Waals surface area contributed by atoms with Crippen molar-refractivity contribution in [1.82, 2.24) is 0 Å². The second kappa shape index (κ2) is 9.35. The van der Waals surface area contributed by atoms with Gasteiger partial charge in [0.05, 0.1) is 26.4 Å². The molecule has 0 aliphatic heterocycles. The highest BCUT2D eigenvalue weighted by atomic mass is 16.5. The normalized spacial score (nSPS) is 13.9. The molecule has 1 aliphatic carbocycles. The second-order valence-electron chi connectivity index (χ2n) is 5.23. The molecule has 0 aromatic heterocycles. The van der Waals surface area contributed by atoms with Crippen LogP contribution < -0.4 is 0 Å². The molecule has 124 valence electrons. The van der Waals surface area contributed by atoms with Crippen LogP contribution in [0.15, 0.2) is 35.9 Å². The van der Waals surface area contributed by atoms with Crippen LogP contribution in [0.25, 0.3) is 0 Å². The maximum atomic E-state index is 12.3. The van der Waals surface area contributed by atoms with Crippen molar-refractivity contribution >= 4 is 11.6 Å². The number of ketones is 2. The molecule has 0 unspecified atom stereocenters. The first-order valence-corrected chi connectivity index (χ1v) is 7.77. The summed E-state index contributed by atoms with van der Waals surface area (Å²) in [6.45, 7) is 2.71. The molecule has 0 atom stereocenters. The summed E-state index contributed by atoms with van der Waals surface area (Å²) in [6, 6.07) is 6.94. The third kappa shape index (κ3) is 5.10. The fourth-order valence-corrected chi connectivity index (χ4v) is 2.39. The Morgan fingerprint density at radius 2 is 1.52 bits per heavy atom. The molecule has 0 radical (unpaired) electrons. The van der Waals surface area contributed by atoms with Crippen molar-refractivity contribution in [2.45, 2.75) is 12.8 Å². The molecule has 2 rings (SSSR count). The first-order valence-electron chi connectivity index (χ1n) is 7.77. The zero-order valence-electron chi connectivity index (χ0n) is 13.4. The fourth-order valence-electron chi connectivity index (χ4n) is 2.39. The molecule has 0 N–H and O–H groups in total. The van der Waals surface area contributed by atoms with Gasteiger partial charge in [-0.15, -0.1) is 0 Å². The smallest absolute Gasteiger partial charge is 0.189 e. The third-order valence-corrected chi connectivity index (χ3v) is 3.57. The predicted molar refractivity (Wildman–Crippen MR) is 85.9 cm³/mol. The Balaban J connectivity index is 1.69. The van der Waals surface area contributed by atoms with Crippen molar-refractivity contribution in [2.24, 2.45) is 0 Å². The van der Waals surface area contributed by atoms with Crippen molar-refractivity contribution in [1.29, 1.82) is 0 Å². The Morgan fingerprint density at radius 1 is 0.870 bits per heavy atom. The molecule has 0 amide bonds. The molecule has 0 spiro atoms. The maximum Gasteiger partial charge on any atom is 0.189 e. The number of Topliss-reactive ketones (excluding diaryl/α,β-unsaturated/α-hetero) is 1. The molecule has 1 aromatic rings. The van der Waals surface area contributed by atoms with E-state index in [4.69, 9.17) is 14.2 Å². The van der Waals surface area contributed by atoms with E-state index in [1.54, 1.807) is 31.4 Å². The van der Waals surface area contributed by atoms with Crippen LogP contribution in [0.3, 0.4) is 0 Å². The number of hydrogen-bond acceptors (Lipinski definition) is 5. The van der Waals surface area contributed by atoms with E-state index in [1.807, 2.05) is 0 Å². The Labute approximate surface area is 136 Å². The Morgan fingerprint density at radius 3 is 2.26 bits per heavy atom. The molecule has 23 heavy (non-hydrogen) atoms. The molecule has 0 fully saturated rings. The van der Waals surface area contributed by atoms with Gasteiger partial charge >= 0.3 is 0 Å². The van der Waals surface area contributed by atoms with Gasteiger partial charge in [0.1, 0.15) is 0 Å². The van der Waals surface area contributed by atoms with Gasteiger partial charge in [0.15, 0.2) is 11.6 Å². The summed E-state index contributed by atoms with van der Waals surface area (Å²) < 4.78 is 15.6. The Bertz CT molecular complexity index is 577. The maximum absolute atomic E-state index is 12.3. The highest BCUT2D eigenvalue weighted by Gasteiger charge is 2.24. The lowest BCUT2D eigenvalue weighted by atomic mass is 9.88. The summed E-state index contributed by atoms with van der Waals surface area (Å²) in [5.74, 6) is -0.147. The average Bonchev–Trinajstić information content (AvgIpc) is 2.57. The standard InChI is InChI=1S/C18H22O5/c1-21-9-10-23-12-11-22-8-4-5-14-13-17(19)15-6-2-3-7-16(15)18(14)20/h2-3,6-7,13H,4-5,8-12H2,1H3. The molecule has 5 nitrogen and oxygen atoms in total. The van der Waals surface area contributed by atoms with Crippen LogP contribution in [-0.2, 0) is 14.2 Å². The van der Waals surface area contributed by atoms with Crippen LogP contribution in [0.1, 0.15) is 33.6 Å². The molecule has 0 saturated heterocycles. The SMILES string of the molecule is COCCOCCOCCCC1=CC(=O)c2ccccc2C1=O. The fraction of sp³-hybridized carbons (Fsp3) is 0.444. The van der Waals surface area contributed by atoms with Gasteiger partial charge in [-0.05, 0) is 18.9 Å². The minimum absolute atomic E-state index is 0.0527. The van der Waals surface area contributed by atoms with Gasteiger partial charge in [0.2, 0.25) is 0 Å². The largest absolute Gasteiger partial charge is 0.382 e. The van der Waals surface area contributed by atoms with Gasteiger partial charge in [-0.25, -0.2) is 0 Å². The number of hydrogen-bond donors (Lipinski definition) is 0. The summed E-state index contributed by atoms with van der Waals surface area (Å²) in [7, 11) is 1.63. The molecule has 0 saturated carbocycles. The lowest BCUT2D eigenvalue weighted by Crippen LogP contribution is -2.17. The Kier molecular flexibility index (Phi) is 7.13. The highest BCUT2D eigenvalue weighted by Crippen LogP contribution is 2.23. The molecule has 0 heterocycles. The van der Waals surface area contributed by atoms with Gasteiger partial charge in [-0.1, -0.05) is 24.3 Å². The Hall–Kier alpha value is -1.82. The monoisotopic (exact) mass is 318 g/mol. The quantitative estimate of drug-likeness (QED) is 0.620. The van der Waals surface area contributed by atoms with Crippen molar-refractivity contribution in [3.05, 3.63) is 47.0 Å². The van der Waals surface area contributed by atoms with Gasteiger partial charge < -0.3 is 14.2 Å². The summed E-state index contributed by atoms with van der Waals surface area (Å²) in [5, 5.41) is 0. The number of allylic oxidation sites excluding steroid dienone is 2. The van der Waals surface area contributed by atoms with Crippen LogP contribution in [0.2, 0.25) is 0 Å². The predicted octanol–water partition coefficient (Wildman–Crippen LogP) is 2.45. The van der Waals surface area contributed by atoms with Gasteiger partial charge in [0.25, 0.3) is 0 Å². The van der Waals surface area contributed by atoms with Gasteiger partial charge in [0, 0.05) is 30.4 Å². The minimum atomic E-state index is -0.0948. The van der Waals surface area contributed by atoms with Crippen LogP contribution in [0, 0.1) is 0 Å². The van der Waals surface area contributed by atoms with E-state index in [2.05, 4.69) is 0 Å². The van der Waals surface area contributed by atoms with Gasteiger partial charge in [-0.3, -0.25) is 9.59 Å². The van der Waals surface area contributed by atoms with Crippen molar-refractivity contribution in [3.8, 4) is 0 Å². The molecule has 1 aliphatic rings. The van der Waals surface area contributed by atoms with E-state index in [0.29, 0.717) is 62.6 Å². The lowest BCUT2D eigenvalue weighted by Gasteiger charge is -2.14. The topological polar surface area (TPSA) is 61.8 Å². The van der Waals surface area contributed by atoms with E-state index >= 15 is 0 Å². The highest BCUT2D eigenvalue weighted by molar-refractivity contribution is 6.24. The number of ether oxygens (including phenoxy) is 3. The summed E-state index contributed by atoms with van der Waals surface area (Å²) in [4.78, 5) is 24.4. The summed E-state index contributed by atoms with van der Waals surface area (Å²) >= 11 is 0. The van der Waals surface area contributed by atoms with E-state index in [0.717, 1.165) is 0 Å². The second-order valence-corrected chi connectivity index (χ2v) is 5.23. The number of benzene rings is 1. The average molecular weight is 318 g/mol. The first kappa shape index (κ1) is 17.5. The van der Waals surface area contributed by atoms with E-state index in [9.17, 15) is 9.59 Å². The first-order chi connectivity index (χ1) is 11.2. The minimum Gasteiger partial charge on any atom is -0.382 e. The molecular formula is C18H22O5. The van der Waals surface area contributed by atoms with Crippen LogP contribution in [0.5, 0.6) is 0 Å². The van der Waals surface area contributed by atoms with Crippen molar-refractivity contribution in [2.75, 3.05) is 40.1 Å². The zero-order chi connectivity index (χ0) is 16.5. The van der Waals surface area contributed by atoms with Gasteiger partial charge in [-0.2, -0.15) is 0 Å². The molecular weight excluding hydrogens is 296 g/mol. The number of methoxy groups -OCH3 is 1. The molecule has 0 bridgehead atoms. The van der Waals surface area contributed by atoms with Crippen LogP contribution >= 0.6 is 0 Å². The number of carbonyl (C=O) groups is 2. The molecule has 1 aromatic carbocycles. The van der Waals surface area contributed by atoms with Crippen LogP contribution in [-0.4, -0.2) is 51.7 Å².